The Balaban J connectivity index is 2.45. The molecule has 0 fully saturated rings. The average Bonchev–Trinajstić information content (AvgIpc) is 2.32. The zero-order valence-electron chi connectivity index (χ0n) is 8.16. The van der Waals surface area contributed by atoms with Crippen LogP contribution in [0.15, 0.2) is 24.3 Å². The van der Waals surface area contributed by atoms with Gasteiger partial charge < -0.3 is 0 Å². The van der Waals surface area contributed by atoms with Crippen LogP contribution in [-0.4, -0.2) is 10.6 Å². The number of aryl methyl sites for hydroxylation is 1. The van der Waals surface area contributed by atoms with E-state index in [0.29, 0.717) is 5.92 Å². The van der Waals surface area contributed by atoms with Gasteiger partial charge in [0.05, 0.1) is 4.83 Å². The number of halogens is 1. The highest BCUT2D eigenvalue weighted by Gasteiger charge is 2.27. The average molecular weight is 253 g/mol. The fraction of sp³-hybridized carbons (Fsp3) is 0.417. The molecule has 0 saturated heterocycles. The predicted molar refractivity (Wildman–Crippen MR) is 61.0 cm³/mol. The van der Waals surface area contributed by atoms with E-state index in [1.54, 1.807) is 0 Å². The molecule has 2 rings (SSSR count). The van der Waals surface area contributed by atoms with Crippen LogP contribution in [0.5, 0.6) is 0 Å². The van der Waals surface area contributed by atoms with Crippen LogP contribution in [0.4, 0.5) is 0 Å². The minimum Gasteiger partial charge on any atom is -0.293 e. The molecule has 1 nitrogen and oxygen atoms in total. The molecule has 1 aromatic rings. The summed E-state index contributed by atoms with van der Waals surface area (Å²) in [7, 11) is 0. The van der Waals surface area contributed by atoms with E-state index in [0.717, 1.165) is 18.4 Å². The van der Waals surface area contributed by atoms with Crippen molar-refractivity contribution in [2.75, 3.05) is 0 Å². The molecule has 0 aromatic heterocycles. The molecule has 0 radical (unpaired) electrons. The zero-order valence-corrected chi connectivity index (χ0v) is 9.75. The number of carbonyl (C=O) groups excluding carboxylic acids is 1. The molecule has 0 saturated carbocycles. The lowest BCUT2D eigenvalue weighted by molar-refractivity contribution is 0.0977. The van der Waals surface area contributed by atoms with E-state index in [4.69, 9.17) is 0 Å². The third kappa shape index (κ3) is 1.63. The molecule has 0 bridgehead atoms. The number of benzene rings is 1. The van der Waals surface area contributed by atoms with Crippen molar-refractivity contribution in [1.29, 1.82) is 0 Å². The first-order chi connectivity index (χ1) is 6.70. The summed E-state index contributed by atoms with van der Waals surface area (Å²) >= 11 is 3.49. The molecule has 1 aromatic carbocycles. The van der Waals surface area contributed by atoms with E-state index < -0.39 is 0 Å². The molecule has 74 valence electrons. The number of rotatable bonds is 0. The molecule has 0 aliphatic heterocycles. The quantitative estimate of drug-likeness (QED) is 0.512. The molecule has 0 spiro atoms. The van der Waals surface area contributed by atoms with Crippen molar-refractivity contribution in [2.24, 2.45) is 5.92 Å². The van der Waals surface area contributed by atoms with Gasteiger partial charge in [-0.15, -0.1) is 0 Å². The van der Waals surface area contributed by atoms with Crippen LogP contribution >= 0.6 is 15.9 Å². The van der Waals surface area contributed by atoms with E-state index in [1.807, 2.05) is 18.2 Å². The number of hydrogen-bond acceptors (Lipinski definition) is 1. The molecule has 0 amide bonds. The van der Waals surface area contributed by atoms with Gasteiger partial charge in [-0.25, -0.2) is 0 Å². The first-order valence-electron chi connectivity index (χ1n) is 4.96. The summed E-state index contributed by atoms with van der Waals surface area (Å²) < 4.78 is 0. The highest BCUT2D eigenvalue weighted by molar-refractivity contribution is 9.10. The molecule has 2 heteroatoms. The van der Waals surface area contributed by atoms with Gasteiger partial charge in [-0.1, -0.05) is 47.1 Å². The summed E-state index contributed by atoms with van der Waals surface area (Å²) in [6.07, 6.45) is 2.10. The Hall–Kier alpha value is -0.630. The van der Waals surface area contributed by atoms with Gasteiger partial charge in [-0.2, -0.15) is 0 Å². The number of fused-ring (bicyclic) bond motifs is 1. The normalized spacial score (nSPS) is 26.9. The molecular formula is C12H13BrO. The van der Waals surface area contributed by atoms with Gasteiger partial charge in [0.1, 0.15) is 0 Å². The molecule has 0 N–H and O–H groups in total. The van der Waals surface area contributed by atoms with Crippen molar-refractivity contribution < 1.29 is 4.79 Å². The Morgan fingerprint density at radius 2 is 2.07 bits per heavy atom. The van der Waals surface area contributed by atoms with Crippen molar-refractivity contribution in [3.05, 3.63) is 35.4 Å². The lowest BCUT2D eigenvalue weighted by atomic mass is 10.0. The van der Waals surface area contributed by atoms with Crippen molar-refractivity contribution in [2.45, 2.75) is 24.6 Å². The van der Waals surface area contributed by atoms with E-state index in [2.05, 4.69) is 28.9 Å². The number of Topliss-reactive ketones (excluding diaryl/α,β-unsaturated/α-hetero) is 1. The summed E-state index contributed by atoms with van der Waals surface area (Å²) in [6, 6.07) is 7.94. The molecule has 1 aliphatic carbocycles. The van der Waals surface area contributed by atoms with Crippen LogP contribution < -0.4 is 0 Å². The Morgan fingerprint density at radius 3 is 2.86 bits per heavy atom. The molecular weight excluding hydrogens is 240 g/mol. The number of ketones is 1. The third-order valence-electron chi connectivity index (χ3n) is 2.90. The summed E-state index contributed by atoms with van der Waals surface area (Å²) in [5.41, 5.74) is 2.10. The van der Waals surface area contributed by atoms with Crippen LogP contribution in [0.25, 0.3) is 0 Å². The van der Waals surface area contributed by atoms with E-state index in [9.17, 15) is 4.79 Å². The third-order valence-corrected chi connectivity index (χ3v) is 4.22. The van der Waals surface area contributed by atoms with E-state index in [1.165, 1.54) is 5.56 Å². The maximum atomic E-state index is 12.0. The second kappa shape index (κ2) is 3.85. The summed E-state index contributed by atoms with van der Waals surface area (Å²) in [4.78, 5) is 12.0. The number of carbonyl (C=O) groups is 1. The van der Waals surface area contributed by atoms with E-state index in [-0.39, 0.29) is 10.6 Å². The summed E-state index contributed by atoms with van der Waals surface area (Å²) in [5.74, 6) is 0.667. The summed E-state index contributed by atoms with van der Waals surface area (Å²) in [5, 5.41) is 0. The maximum Gasteiger partial charge on any atom is 0.176 e. The maximum absolute atomic E-state index is 12.0. The Bertz CT molecular complexity index is 359. The molecule has 2 unspecified atom stereocenters. The van der Waals surface area contributed by atoms with Gasteiger partial charge in [-0.3, -0.25) is 4.79 Å². The molecule has 14 heavy (non-hydrogen) atoms. The second-order valence-corrected chi connectivity index (χ2v) is 4.93. The van der Waals surface area contributed by atoms with Crippen molar-refractivity contribution in [1.82, 2.24) is 0 Å². The Kier molecular flexibility index (Phi) is 2.73. The summed E-state index contributed by atoms with van der Waals surface area (Å²) in [6.45, 7) is 2.13. The van der Waals surface area contributed by atoms with Crippen LogP contribution in [0.1, 0.15) is 29.3 Å². The number of alkyl halides is 1. The van der Waals surface area contributed by atoms with E-state index >= 15 is 0 Å². The Labute approximate surface area is 92.6 Å². The monoisotopic (exact) mass is 252 g/mol. The SMILES string of the molecule is CC1CCc2ccccc2C(=O)C1Br. The lowest BCUT2D eigenvalue weighted by Gasteiger charge is -2.12. The Morgan fingerprint density at radius 1 is 1.36 bits per heavy atom. The van der Waals surface area contributed by atoms with Crippen LogP contribution in [0.2, 0.25) is 0 Å². The molecule has 1 aliphatic rings. The van der Waals surface area contributed by atoms with Crippen molar-refractivity contribution in [3.63, 3.8) is 0 Å². The zero-order chi connectivity index (χ0) is 10.1. The molecule has 2 atom stereocenters. The van der Waals surface area contributed by atoms with Crippen molar-refractivity contribution >= 4 is 21.7 Å². The fourth-order valence-electron chi connectivity index (χ4n) is 1.92. The van der Waals surface area contributed by atoms with Gasteiger partial charge >= 0.3 is 0 Å². The van der Waals surface area contributed by atoms with Crippen LogP contribution in [0, 0.1) is 5.92 Å². The van der Waals surface area contributed by atoms with Gasteiger partial charge in [0.15, 0.2) is 5.78 Å². The minimum absolute atomic E-state index is 0.00819. The van der Waals surface area contributed by atoms with Gasteiger partial charge in [0.25, 0.3) is 0 Å². The smallest absolute Gasteiger partial charge is 0.176 e. The first kappa shape index (κ1) is 9.91. The number of hydrogen-bond donors (Lipinski definition) is 0. The minimum atomic E-state index is -0.00819. The molecule has 0 heterocycles. The fourth-order valence-corrected chi connectivity index (χ4v) is 2.43. The van der Waals surface area contributed by atoms with Crippen molar-refractivity contribution in [3.8, 4) is 0 Å². The van der Waals surface area contributed by atoms with Crippen LogP contribution in [0.3, 0.4) is 0 Å². The van der Waals surface area contributed by atoms with Gasteiger partial charge in [0, 0.05) is 5.56 Å². The first-order valence-corrected chi connectivity index (χ1v) is 5.88. The topological polar surface area (TPSA) is 17.1 Å². The lowest BCUT2D eigenvalue weighted by Crippen LogP contribution is -2.20. The van der Waals surface area contributed by atoms with Gasteiger partial charge in [0.2, 0.25) is 0 Å². The van der Waals surface area contributed by atoms with Gasteiger partial charge in [-0.05, 0) is 24.3 Å². The largest absolute Gasteiger partial charge is 0.293 e. The predicted octanol–water partition coefficient (Wildman–Crippen LogP) is 3.22. The standard InChI is InChI=1S/C12H13BrO/c1-8-6-7-9-4-2-3-5-10(9)12(14)11(8)13/h2-5,8,11H,6-7H2,1H3. The highest BCUT2D eigenvalue weighted by Crippen LogP contribution is 2.28. The highest BCUT2D eigenvalue weighted by atomic mass is 79.9. The second-order valence-electron chi connectivity index (χ2n) is 3.94. The van der Waals surface area contributed by atoms with Crippen LogP contribution in [-0.2, 0) is 6.42 Å².